The summed E-state index contributed by atoms with van der Waals surface area (Å²) in [5, 5.41) is 0.494. The number of carbonyl (C=O) groups excluding carboxylic acids is 2. The first-order valence-electron chi connectivity index (χ1n) is 18.9. The van der Waals surface area contributed by atoms with E-state index < -0.39 is 69.9 Å². The van der Waals surface area contributed by atoms with Gasteiger partial charge in [0.25, 0.3) is 11.8 Å². The van der Waals surface area contributed by atoms with Gasteiger partial charge in [-0.2, -0.15) is 52.7 Å². The Hall–Kier alpha value is -7.36. The van der Waals surface area contributed by atoms with Crippen LogP contribution in [0.25, 0.3) is 60.9 Å². The van der Waals surface area contributed by atoms with E-state index in [9.17, 15) is 62.3 Å². The van der Waals surface area contributed by atoms with E-state index in [0.29, 0.717) is 24.3 Å². The average molecular weight is 889 g/mol. The number of carbonyl (C=O) groups is 2. The van der Waals surface area contributed by atoms with Gasteiger partial charge < -0.3 is 4.57 Å². The van der Waals surface area contributed by atoms with Crippen molar-refractivity contribution in [2.75, 3.05) is 4.90 Å². The molecule has 16 heteroatoms. The van der Waals surface area contributed by atoms with Gasteiger partial charge in [-0.3, -0.25) is 9.59 Å². The lowest BCUT2D eigenvalue weighted by Crippen LogP contribution is -2.29. The van der Waals surface area contributed by atoms with Crippen LogP contribution in [0.1, 0.15) is 43.0 Å². The summed E-state index contributed by atoms with van der Waals surface area (Å²) >= 11 is 0. The third kappa shape index (κ3) is 7.12. The molecule has 9 rings (SSSR count). The predicted molar refractivity (Wildman–Crippen MR) is 215 cm³/mol. The van der Waals surface area contributed by atoms with Gasteiger partial charge in [0, 0.05) is 10.8 Å². The molecule has 0 bridgehead atoms. The molecule has 322 valence electrons. The zero-order chi connectivity index (χ0) is 45.7. The number of amides is 2. The van der Waals surface area contributed by atoms with E-state index in [1.165, 1.54) is 59.2 Å². The highest BCUT2D eigenvalue weighted by Crippen LogP contribution is 2.46. The van der Waals surface area contributed by atoms with E-state index in [4.69, 9.17) is 0 Å². The zero-order valence-corrected chi connectivity index (χ0v) is 32.1. The molecule has 2 amide bonds. The Morgan fingerprint density at radius 3 is 1.31 bits per heavy atom. The summed E-state index contributed by atoms with van der Waals surface area (Å²) in [4.78, 5) is 29.5. The Morgan fingerprint density at radius 2 is 0.844 bits per heavy atom. The molecule has 0 spiro atoms. The van der Waals surface area contributed by atoms with Gasteiger partial charge in [-0.25, -0.2) is 4.90 Å². The molecule has 8 aromatic rings. The molecule has 0 aliphatic carbocycles. The Balaban J connectivity index is 1.29. The van der Waals surface area contributed by atoms with E-state index in [2.05, 4.69) is 0 Å². The third-order valence-electron chi connectivity index (χ3n) is 11.1. The number of benzene rings is 7. The lowest BCUT2D eigenvalue weighted by Gasteiger charge is -2.17. The molecule has 0 atom stereocenters. The molecule has 64 heavy (non-hydrogen) atoms. The molecular formula is C48H24F12N2O2. The maximum Gasteiger partial charge on any atom is 0.417 e. The van der Waals surface area contributed by atoms with Crippen molar-refractivity contribution in [2.24, 2.45) is 0 Å². The smallest absolute Gasteiger partial charge is 0.308 e. The normalized spacial score (nSPS) is 13.7. The molecular weight excluding hydrogens is 865 g/mol. The van der Waals surface area contributed by atoms with Crippen LogP contribution in [-0.4, -0.2) is 16.4 Å². The maximum absolute atomic E-state index is 14.5. The van der Waals surface area contributed by atoms with Crippen molar-refractivity contribution < 1.29 is 62.3 Å². The molecule has 1 aliphatic rings. The van der Waals surface area contributed by atoms with Crippen LogP contribution >= 0.6 is 0 Å². The highest BCUT2D eigenvalue weighted by atomic mass is 19.4. The molecule has 0 saturated carbocycles. The summed E-state index contributed by atoms with van der Waals surface area (Å²) in [5.41, 5.74) is -6.71. The Kier molecular flexibility index (Phi) is 9.58. The number of alkyl halides is 12. The fourth-order valence-electron chi connectivity index (χ4n) is 8.15. The SMILES string of the molecule is O=C1c2cccc(-n3c4cc(-c5ccc(C(F)(F)F)cc5C(F)(F)F)ccc4c4ccc(-c5ccc(C(F)(F)F)cc5C(F)(F)F)cc43)c2C(=O)N1c1ccc(-c2ccccc2)cc1. The molecule has 4 nitrogen and oxygen atoms in total. The van der Waals surface area contributed by atoms with Crippen LogP contribution in [0.15, 0.2) is 146 Å². The van der Waals surface area contributed by atoms with E-state index in [0.717, 1.165) is 16.0 Å². The Bertz CT molecular complexity index is 3070. The van der Waals surface area contributed by atoms with E-state index in [1.54, 1.807) is 24.3 Å². The largest absolute Gasteiger partial charge is 0.417 e. The van der Waals surface area contributed by atoms with Crippen LogP contribution < -0.4 is 4.90 Å². The van der Waals surface area contributed by atoms with Crippen molar-refractivity contribution in [2.45, 2.75) is 24.7 Å². The number of halogens is 12. The van der Waals surface area contributed by atoms with Gasteiger partial charge >= 0.3 is 24.7 Å². The maximum atomic E-state index is 14.5. The van der Waals surface area contributed by atoms with Gasteiger partial charge in [0.1, 0.15) is 0 Å². The highest BCUT2D eigenvalue weighted by Gasteiger charge is 2.42. The first kappa shape index (κ1) is 42.0. The number of imide groups is 1. The molecule has 0 saturated heterocycles. The number of hydrogen-bond acceptors (Lipinski definition) is 2. The number of anilines is 1. The first-order valence-corrected chi connectivity index (χ1v) is 18.9. The van der Waals surface area contributed by atoms with Crippen LogP contribution in [0.2, 0.25) is 0 Å². The fourth-order valence-corrected chi connectivity index (χ4v) is 8.15. The van der Waals surface area contributed by atoms with Crippen LogP contribution in [0.4, 0.5) is 58.4 Å². The molecule has 0 N–H and O–H groups in total. The van der Waals surface area contributed by atoms with Gasteiger partial charge in [0.15, 0.2) is 0 Å². The molecule has 0 unspecified atom stereocenters. The van der Waals surface area contributed by atoms with Crippen LogP contribution in [0, 0.1) is 0 Å². The molecule has 0 fully saturated rings. The summed E-state index contributed by atoms with van der Waals surface area (Å²) in [6, 6.07) is 29.6. The summed E-state index contributed by atoms with van der Waals surface area (Å²) < 4.78 is 170. The number of rotatable bonds is 5. The molecule has 0 radical (unpaired) electrons. The van der Waals surface area contributed by atoms with E-state index in [1.807, 2.05) is 30.3 Å². The van der Waals surface area contributed by atoms with E-state index in [-0.39, 0.29) is 67.6 Å². The number of nitrogens with zero attached hydrogens (tertiary/aromatic N) is 2. The van der Waals surface area contributed by atoms with Crippen LogP contribution in [0.3, 0.4) is 0 Å². The van der Waals surface area contributed by atoms with Crippen LogP contribution in [0.5, 0.6) is 0 Å². The fraction of sp³-hybridized carbons (Fsp3) is 0.0833. The van der Waals surface area contributed by atoms with E-state index >= 15 is 0 Å². The molecule has 2 heterocycles. The first-order chi connectivity index (χ1) is 30.1. The van der Waals surface area contributed by atoms with Crippen molar-refractivity contribution in [3.8, 4) is 39.1 Å². The summed E-state index contributed by atoms with van der Waals surface area (Å²) in [6.07, 6.45) is -20.8. The lowest BCUT2D eigenvalue weighted by molar-refractivity contribution is -0.144. The number of hydrogen-bond donors (Lipinski definition) is 0. The summed E-state index contributed by atoms with van der Waals surface area (Å²) in [5.74, 6) is -1.59. The lowest BCUT2D eigenvalue weighted by atomic mass is 9.95. The minimum absolute atomic E-state index is 0.0143. The van der Waals surface area contributed by atoms with Crippen LogP contribution in [-0.2, 0) is 24.7 Å². The second-order valence-corrected chi connectivity index (χ2v) is 14.9. The van der Waals surface area contributed by atoms with Gasteiger partial charge in [0.05, 0.1) is 55.8 Å². The second-order valence-electron chi connectivity index (χ2n) is 14.9. The zero-order valence-electron chi connectivity index (χ0n) is 32.1. The predicted octanol–water partition coefficient (Wildman–Crippen LogP) is 14.7. The third-order valence-corrected chi connectivity index (χ3v) is 11.1. The monoisotopic (exact) mass is 888 g/mol. The van der Waals surface area contributed by atoms with Gasteiger partial charge in [-0.05, 0) is 94.0 Å². The van der Waals surface area contributed by atoms with Crippen molar-refractivity contribution in [3.05, 3.63) is 179 Å². The summed E-state index contributed by atoms with van der Waals surface area (Å²) in [7, 11) is 0. The Labute approximate surface area is 353 Å². The van der Waals surface area contributed by atoms with Crippen molar-refractivity contribution in [3.63, 3.8) is 0 Å². The van der Waals surface area contributed by atoms with Gasteiger partial charge in [0.2, 0.25) is 0 Å². The van der Waals surface area contributed by atoms with Crippen molar-refractivity contribution in [1.29, 1.82) is 0 Å². The van der Waals surface area contributed by atoms with Crippen molar-refractivity contribution >= 4 is 39.3 Å². The molecule has 1 aliphatic heterocycles. The quantitative estimate of drug-likeness (QED) is 0.128. The topological polar surface area (TPSA) is 42.3 Å². The molecule has 1 aromatic heterocycles. The minimum Gasteiger partial charge on any atom is -0.308 e. The minimum atomic E-state index is -5.28. The number of fused-ring (bicyclic) bond motifs is 4. The second kappa shape index (κ2) is 14.6. The highest BCUT2D eigenvalue weighted by molar-refractivity contribution is 6.35. The number of aromatic nitrogens is 1. The van der Waals surface area contributed by atoms with Gasteiger partial charge in [-0.15, -0.1) is 0 Å². The standard InChI is InChI=1S/C48H24F12N2O2/c49-45(50,51)29-13-19-32(37(23-29)47(55,56)57)27-11-17-34-35-18-12-28(33-20-14-30(46(52,53)54)24-38(33)48(58,59)60)22-41(35)62(40(34)21-27)39-8-4-7-36-42(39)44(64)61(43(36)63)31-15-9-26(10-16-31)25-5-2-1-3-6-25/h1-24H. The molecule has 7 aromatic carbocycles. The average Bonchev–Trinajstić information content (AvgIpc) is 3.71. The summed E-state index contributed by atoms with van der Waals surface area (Å²) in [6.45, 7) is 0. The van der Waals surface area contributed by atoms with Gasteiger partial charge in [-0.1, -0.05) is 84.9 Å². The Morgan fingerprint density at radius 1 is 0.375 bits per heavy atom. The van der Waals surface area contributed by atoms with Crippen molar-refractivity contribution in [1.82, 2.24) is 4.57 Å².